The number of fused-ring (bicyclic) bond motifs is 3. The fraction of sp³-hybridized carbons (Fsp3) is 0.409. The van der Waals surface area contributed by atoms with Gasteiger partial charge in [0.15, 0.2) is 6.10 Å². The molecule has 1 saturated heterocycles. The molecule has 2 aromatic carbocycles. The maximum Gasteiger partial charge on any atom is 0.338 e. The highest BCUT2D eigenvalue weighted by Crippen LogP contribution is 2.40. The second-order valence-corrected chi connectivity index (χ2v) is 7.40. The minimum Gasteiger partial charge on any atom is -0.453 e. The van der Waals surface area contributed by atoms with Gasteiger partial charge in [0.25, 0.3) is 0 Å². The number of rotatable bonds is 4. The van der Waals surface area contributed by atoms with Crippen LogP contribution in [-0.4, -0.2) is 52.3 Å². The molecule has 1 fully saturated rings. The molecule has 0 bridgehead atoms. The molecule has 2 aliphatic heterocycles. The molecular formula is C22H24O6. The molecule has 6 nitrogen and oxygen atoms in total. The van der Waals surface area contributed by atoms with Crippen LogP contribution in [0.4, 0.5) is 0 Å². The lowest BCUT2D eigenvalue weighted by atomic mass is 9.85. The number of benzene rings is 2. The van der Waals surface area contributed by atoms with Gasteiger partial charge in [-0.25, -0.2) is 4.79 Å². The first-order valence-corrected chi connectivity index (χ1v) is 9.56. The van der Waals surface area contributed by atoms with Gasteiger partial charge in [-0.05, 0) is 41.2 Å². The fourth-order valence-electron chi connectivity index (χ4n) is 3.93. The number of carbonyl (C=O) groups excluding carboxylic acids is 1. The average Bonchev–Trinajstić information content (AvgIpc) is 2.72. The highest BCUT2D eigenvalue weighted by molar-refractivity contribution is 5.92. The van der Waals surface area contributed by atoms with Gasteiger partial charge < -0.3 is 24.8 Å². The highest BCUT2D eigenvalue weighted by Gasteiger charge is 2.50. The number of hydrogen-bond acceptors (Lipinski definition) is 6. The Morgan fingerprint density at radius 2 is 1.64 bits per heavy atom. The van der Waals surface area contributed by atoms with Crippen molar-refractivity contribution in [2.45, 2.75) is 50.3 Å². The summed E-state index contributed by atoms with van der Waals surface area (Å²) in [4.78, 5) is 12.4. The van der Waals surface area contributed by atoms with Crippen LogP contribution in [0.15, 0.2) is 42.5 Å². The van der Waals surface area contributed by atoms with E-state index in [4.69, 9.17) is 9.47 Å². The summed E-state index contributed by atoms with van der Waals surface area (Å²) in [5, 5.41) is 29.9. The van der Waals surface area contributed by atoms with Gasteiger partial charge in [0.2, 0.25) is 0 Å². The molecule has 3 N–H and O–H groups in total. The fourth-order valence-corrected chi connectivity index (χ4v) is 3.93. The summed E-state index contributed by atoms with van der Waals surface area (Å²) in [6.07, 6.45) is -3.63. The monoisotopic (exact) mass is 384 g/mol. The molecule has 2 aliphatic rings. The van der Waals surface area contributed by atoms with Crippen LogP contribution in [0, 0.1) is 0 Å². The predicted octanol–water partition coefficient (Wildman–Crippen LogP) is 1.53. The predicted molar refractivity (Wildman–Crippen MR) is 101 cm³/mol. The van der Waals surface area contributed by atoms with Crippen molar-refractivity contribution in [1.82, 2.24) is 0 Å². The third kappa shape index (κ3) is 3.33. The standard InChI is InChI=1S/C22H24O6/c1-2-12-3-5-13(6-4-12)9-14-7-8-15-16(10-14)20-21(28-22(15)26)19(25)18(24)17(11-23)27-20/h3-8,10,17-21,23-25H,2,9,11H2,1H3/t17-,18-,19+,20+,21-/m1/s1. The zero-order valence-electron chi connectivity index (χ0n) is 15.6. The second kappa shape index (κ2) is 7.64. The minimum atomic E-state index is -1.32. The van der Waals surface area contributed by atoms with Crippen LogP contribution < -0.4 is 0 Å². The van der Waals surface area contributed by atoms with Gasteiger partial charge in [0.05, 0.1) is 12.2 Å². The summed E-state index contributed by atoms with van der Waals surface area (Å²) in [5.74, 6) is -0.549. The third-order valence-corrected chi connectivity index (χ3v) is 5.59. The number of esters is 1. The van der Waals surface area contributed by atoms with Crippen molar-refractivity contribution in [3.63, 3.8) is 0 Å². The van der Waals surface area contributed by atoms with Crippen molar-refractivity contribution in [3.05, 3.63) is 70.3 Å². The molecular weight excluding hydrogens is 360 g/mol. The molecule has 0 spiro atoms. The lowest BCUT2D eigenvalue weighted by Crippen LogP contribution is -2.58. The van der Waals surface area contributed by atoms with E-state index in [9.17, 15) is 20.1 Å². The summed E-state index contributed by atoms with van der Waals surface area (Å²) in [6, 6.07) is 13.9. The quantitative estimate of drug-likeness (QED) is 0.692. The molecule has 28 heavy (non-hydrogen) atoms. The number of aliphatic hydroxyl groups excluding tert-OH is 3. The molecule has 2 aromatic rings. The zero-order chi connectivity index (χ0) is 19.8. The van der Waals surface area contributed by atoms with Crippen LogP contribution in [-0.2, 0) is 22.3 Å². The van der Waals surface area contributed by atoms with E-state index in [1.807, 2.05) is 12.1 Å². The summed E-state index contributed by atoms with van der Waals surface area (Å²) in [7, 11) is 0. The SMILES string of the molecule is CCc1ccc(Cc2ccc3c(c2)[C@@H]2O[C@H](CO)[C@@H](O)[C@H](O)[C@H]2OC3=O)cc1. The molecule has 6 heteroatoms. The Kier molecular flexibility index (Phi) is 5.21. The summed E-state index contributed by atoms with van der Waals surface area (Å²) >= 11 is 0. The van der Waals surface area contributed by atoms with Gasteiger partial charge >= 0.3 is 5.97 Å². The summed E-state index contributed by atoms with van der Waals surface area (Å²) in [5.41, 5.74) is 4.43. The van der Waals surface area contributed by atoms with Gasteiger partial charge in [-0.1, -0.05) is 43.3 Å². The number of aliphatic hydroxyl groups is 3. The van der Waals surface area contributed by atoms with E-state index < -0.39 is 43.1 Å². The van der Waals surface area contributed by atoms with Gasteiger partial charge in [0, 0.05) is 0 Å². The number of carbonyl (C=O) groups is 1. The first-order chi connectivity index (χ1) is 13.5. The smallest absolute Gasteiger partial charge is 0.338 e. The van der Waals surface area contributed by atoms with Crippen LogP contribution in [0.25, 0.3) is 0 Å². The number of hydrogen-bond donors (Lipinski definition) is 3. The van der Waals surface area contributed by atoms with Gasteiger partial charge in [-0.3, -0.25) is 0 Å². The van der Waals surface area contributed by atoms with E-state index in [2.05, 4.69) is 31.2 Å². The van der Waals surface area contributed by atoms with E-state index in [1.54, 1.807) is 6.07 Å². The van der Waals surface area contributed by atoms with Crippen molar-refractivity contribution in [1.29, 1.82) is 0 Å². The molecule has 0 radical (unpaired) electrons. The van der Waals surface area contributed by atoms with Crippen molar-refractivity contribution in [2.24, 2.45) is 0 Å². The first-order valence-electron chi connectivity index (χ1n) is 9.56. The Hall–Kier alpha value is -2.25. The Balaban J connectivity index is 1.65. The number of ether oxygens (including phenoxy) is 2. The maximum absolute atomic E-state index is 12.4. The number of aryl methyl sites for hydroxylation is 1. The largest absolute Gasteiger partial charge is 0.453 e. The maximum atomic E-state index is 12.4. The van der Waals surface area contributed by atoms with E-state index in [0.29, 0.717) is 17.5 Å². The van der Waals surface area contributed by atoms with Crippen molar-refractivity contribution < 1.29 is 29.6 Å². The molecule has 0 aliphatic carbocycles. The van der Waals surface area contributed by atoms with Crippen molar-refractivity contribution in [3.8, 4) is 0 Å². The minimum absolute atomic E-state index is 0.381. The molecule has 148 valence electrons. The third-order valence-electron chi connectivity index (χ3n) is 5.59. The first kappa shape index (κ1) is 19.1. The second-order valence-electron chi connectivity index (χ2n) is 7.40. The summed E-state index contributed by atoms with van der Waals surface area (Å²) < 4.78 is 11.1. The zero-order valence-corrected chi connectivity index (χ0v) is 15.6. The van der Waals surface area contributed by atoms with Gasteiger partial charge in [0.1, 0.15) is 24.4 Å². The van der Waals surface area contributed by atoms with Crippen LogP contribution in [0.2, 0.25) is 0 Å². The van der Waals surface area contributed by atoms with E-state index in [1.165, 1.54) is 5.56 Å². The normalized spacial score (nSPS) is 29.0. The molecule has 0 amide bonds. The Bertz CT molecular complexity index is 862. The highest BCUT2D eigenvalue weighted by atomic mass is 16.6. The van der Waals surface area contributed by atoms with Crippen molar-refractivity contribution >= 4 is 5.97 Å². The van der Waals surface area contributed by atoms with Crippen LogP contribution >= 0.6 is 0 Å². The van der Waals surface area contributed by atoms with Crippen LogP contribution in [0.3, 0.4) is 0 Å². The van der Waals surface area contributed by atoms with Crippen LogP contribution in [0.1, 0.15) is 45.6 Å². The van der Waals surface area contributed by atoms with Gasteiger partial charge in [-0.15, -0.1) is 0 Å². The molecule has 2 heterocycles. The molecule has 0 aromatic heterocycles. The molecule has 0 saturated carbocycles. The topological polar surface area (TPSA) is 96.2 Å². The molecule has 4 rings (SSSR count). The molecule has 5 atom stereocenters. The lowest BCUT2D eigenvalue weighted by molar-refractivity contribution is -0.234. The van der Waals surface area contributed by atoms with Crippen molar-refractivity contribution in [2.75, 3.05) is 6.61 Å². The van der Waals surface area contributed by atoms with Gasteiger partial charge in [-0.2, -0.15) is 0 Å². The van der Waals surface area contributed by atoms with Crippen LogP contribution in [0.5, 0.6) is 0 Å². The van der Waals surface area contributed by atoms with E-state index >= 15 is 0 Å². The summed E-state index contributed by atoms with van der Waals surface area (Å²) in [6.45, 7) is 1.68. The average molecular weight is 384 g/mol. The Morgan fingerprint density at radius 3 is 2.32 bits per heavy atom. The molecule has 0 unspecified atom stereocenters. The lowest BCUT2D eigenvalue weighted by Gasteiger charge is -2.44. The Morgan fingerprint density at radius 1 is 0.964 bits per heavy atom. The van der Waals surface area contributed by atoms with E-state index in [-0.39, 0.29) is 0 Å². The Labute approximate surface area is 163 Å². The van der Waals surface area contributed by atoms with E-state index in [0.717, 1.165) is 17.5 Å².